The lowest BCUT2D eigenvalue weighted by atomic mass is 10.1. The van der Waals surface area contributed by atoms with Crippen LogP contribution in [-0.2, 0) is 29.1 Å². The quantitative estimate of drug-likeness (QED) is 0.340. The summed E-state index contributed by atoms with van der Waals surface area (Å²) in [4.78, 5) is 40.0. The molecule has 1 aliphatic heterocycles. The largest absolute Gasteiger partial charge is 0.350 e. The number of thioether (sulfide) groups is 1. The van der Waals surface area contributed by atoms with E-state index in [1.165, 1.54) is 4.90 Å². The van der Waals surface area contributed by atoms with Gasteiger partial charge in [-0.15, -0.1) is 0 Å². The van der Waals surface area contributed by atoms with Crippen LogP contribution in [0.3, 0.4) is 0 Å². The molecule has 7 heteroatoms. The number of benzene rings is 3. The van der Waals surface area contributed by atoms with Gasteiger partial charge in [0.05, 0.1) is 4.91 Å². The van der Waals surface area contributed by atoms with Gasteiger partial charge in [0.1, 0.15) is 6.54 Å². The summed E-state index contributed by atoms with van der Waals surface area (Å²) in [6.45, 7) is 0.955. The normalized spacial score (nSPS) is 14.7. The van der Waals surface area contributed by atoms with Crippen molar-refractivity contribution in [3.63, 3.8) is 0 Å². The van der Waals surface area contributed by atoms with E-state index in [9.17, 15) is 14.4 Å². The summed E-state index contributed by atoms with van der Waals surface area (Å²) in [7, 11) is 0. The molecule has 3 amide bonds. The van der Waals surface area contributed by atoms with Gasteiger partial charge >= 0.3 is 0 Å². The van der Waals surface area contributed by atoms with Gasteiger partial charge < -0.3 is 9.88 Å². The van der Waals surface area contributed by atoms with Crippen LogP contribution in [0, 0.1) is 0 Å². The Morgan fingerprint density at radius 2 is 1.53 bits per heavy atom. The molecule has 6 nitrogen and oxygen atoms in total. The highest BCUT2D eigenvalue weighted by molar-refractivity contribution is 8.18. The fourth-order valence-electron chi connectivity index (χ4n) is 4.25. The van der Waals surface area contributed by atoms with Gasteiger partial charge in [0.25, 0.3) is 11.1 Å². The maximum absolute atomic E-state index is 13.0. The SMILES string of the molecule is O=C(Cn1cc(/C=C2\SC(=O)N(CCc3ccccc3)C2=O)c2ccccc21)NCc1ccccc1. The van der Waals surface area contributed by atoms with Crippen LogP contribution in [0.1, 0.15) is 16.7 Å². The predicted molar refractivity (Wildman–Crippen MR) is 143 cm³/mol. The third-order valence-corrected chi connectivity index (χ3v) is 7.00. The lowest BCUT2D eigenvalue weighted by molar-refractivity contribution is -0.123. The Morgan fingerprint density at radius 1 is 0.861 bits per heavy atom. The van der Waals surface area contributed by atoms with Crippen LogP contribution in [0.15, 0.2) is 96.0 Å². The maximum atomic E-state index is 13.0. The number of hydrogen-bond donors (Lipinski definition) is 1. The molecule has 180 valence electrons. The first kappa shape index (κ1) is 23.6. The van der Waals surface area contributed by atoms with Crippen molar-refractivity contribution in [1.29, 1.82) is 0 Å². The minimum Gasteiger partial charge on any atom is -0.350 e. The second-order valence-corrected chi connectivity index (χ2v) is 9.55. The molecule has 2 heterocycles. The first-order valence-electron chi connectivity index (χ1n) is 11.8. The average molecular weight is 496 g/mol. The summed E-state index contributed by atoms with van der Waals surface area (Å²) in [5.74, 6) is -0.384. The molecule has 1 saturated heterocycles. The maximum Gasteiger partial charge on any atom is 0.293 e. The Bertz CT molecular complexity index is 1440. The van der Waals surface area contributed by atoms with Crippen molar-refractivity contribution in [3.8, 4) is 0 Å². The second kappa shape index (κ2) is 10.7. The van der Waals surface area contributed by atoms with E-state index in [4.69, 9.17) is 0 Å². The zero-order valence-corrected chi connectivity index (χ0v) is 20.4. The molecule has 0 bridgehead atoms. The molecule has 0 unspecified atom stereocenters. The number of carbonyl (C=O) groups excluding carboxylic acids is 3. The number of hydrogen-bond acceptors (Lipinski definition) is 4. The minimum atomic E-state index is -0.279. The third-order valence-electron chi connectivity index (χ3n) is 6.09. The van der Waals surface area contributed by atoms with Gasteiger partial charge in [-0.05, 0) is 41.5 Å². The number of nitrogens with one attached hydrogen (secondary N) is 1. The summed E-state index contributed by atoms with van der Waals surface area (Å²) in [5.41, 5.74) is 3.80. The number of fused-ring (bicyclic) bond motifs is 1. The fourth-order valence-corrected chi connectivity index (χ4v) is 5.10. The second-order valence-electron chi connectivity index (χ2n) is 8.56. The van der Waals surface area contributed by atoms with Crippen molar-refractivity contribution >= 4 is 45.8 Å². The number of aromatic nitrogens is 1. The summed E-state index contributed by atoms with van der Waals surface area (Å²) in [6, 6.07) is 27.3. The lowest BCUT2D eigenvalue weighted by Gasteiger charge is -2.12. The molecule has 1 aromatic heterocycles. The van der Waals surface area contributed by atoms with Gasteiger partial charge in [-0.3, -0.25) is 19.3 Å². The first-order valence-corrected chi connectivity index (χ1v) is 12.6. The molecule has 0 spiro atoms. The third kappa shape index (κ3) is 5.26. The van der Waals surface area contributed by atoms with Crippen LogP contribution < -0.4 is 5.32 Å². The number of para-hydroxylation sites is 1. The molecule has 5 rings (SSSR count). The highest BCUT2D eigenvalue weighted by Gasteiger charge is 2.34. The van der Waals surface area contributed by atoms with Crippen LogP contribution in [0.5, 0.6) is 0 Å². The molecule has 0 aliphatic carbocycles. The summed E-state index contributed by atoms with van der Waals surface area (Å²) in [6.07, 6.45) is 4.24. The van der Waals surface area contributed by atoms with E-state index in [-0.39, 0.29) is 23.6 Å². The van der Waals surface area contributed by atoms with Crippen LogP contribution in [0.4, 0.5) is 4.79 Å². The summed E-state index contributed by atoms with van der Waals surface area (Å²) < 4.78 is 1.88. The van der Waals surface area contributed by atoms with Crippen LogP contribution in [0.25, 0.3) is 17.0 Å². The summed E-state index contributed by atoms with van der Waals surface area (Å²) >= 11 is 0.959. The molecule has 1 aliphatic rings. The van der Waals surface area contributed by atoms with E-state index in [0.717, 1.165) is 39.4 Å². The van der Waals surface area contributed by atoms with Gasteiger partial charge in [-0.25, -0.2) is 0 Å². The average Bonchev–Trinajstić information content (AvgIpc) is 3.38. The number of carbonyl (C=O) groups is 3. The zero-order valence-electron chi connectivity index (χ0n) is 19.6. The van der Waals surface area contributed by atoms with Crippen molar-refractivity contribution < 1.29 is 14.4 Å². The highest BCUT2D eigenvalue weighted by atomic mass is 32.2. The van der Waals surface area contributed by atoms with E-state index in [1.807, 2.05) is 95.7 Å². The molecule has 0 radical (unpaired) electrons. The van der Waals surface area contributed by atoms with Crippen molar-refractivity contribution in [2.75, 3.05) is 6.54 Å². The molecule has 36 heavy (non-hydrogen) atoms. The Labute approximate surface area is 213 Å². The molecule has 1 fully saturated rings. The number of amides is 3. The van der Waals surface area contributed by atoms with E-state index in [2.05, 4.69) is 5.32 Å². The van der Waals surface area contributed by atoms with Gasteiger partial charge in [0, 0.05) is 35.8 Å². The van der Waals surface area contributed by atoms with Gasteiger partial charge in [0.15, 0.2) is 0 Å². The van der Waals surface area contributed by atoms with E-state index >= 15 is 0 Å². The standard InChI is InChI=1S/C29H25N3O3S/c33-27(30-18-22-11-5-2-6-12-22)20-31-19-23(24-13-7-8-14-25(24)31)17-26-28(34)32(29(35)36-26)16-15-21-9-3-1-4-10-21/h1-14,17,19H,15-16,18,20H2,(H,30,33)/b26-17-. The van der Waals surface area contributed by atoms with Crippen LogP contribution >= 0.6 is 11.8 Å². The van der Waals surface area contributed by atoms with E-state index in [0.29, 0.717) is 24.4 Å². The summed E-state index contributed by atoms with van der Waals surface area (Å²) in [5, 5.41) is 3.62. The number of imide groups is 1. The monoisotopic (exact) mass is 495 g/mol. The van der Waals surface area contributed by atoms with Crippen molar-refractivity contribution in [2.24, 2.45) is 0 Å². The van der Waals surface area contributed by atoms with Gasteiger partial charge in [-0.1, -0.05) is 78.9 Å². The van der Waals surface area contributed by atoms with Gasteiger partial charge in [0.2, 0.25) is 5.91 Å². The van der Waals surface area contributed by atoms with Crippen LogP contribution in [-0.4, -0.2) is 33.1 Å². The van der Waals surface area contributed by atoms with Crippen LogP contribution in [0.2, 0.25) is 0 Å². The number of rotatable bonds is 8. The van der Waals surface area contributed by atoms with Crippen molar-refractivity contribution in [1.82, 2.24) is 14.8 Å². The number of nitrogens with zero attached hydrogens (tertiary/aromatic N) is 2. The Balaban J connectivity index is 1.32. The topological polar surface area (TPSA) is 71.4 Å². The lowest BCUT2D eigenvalue weighted by Crippen LogP contribution is -2.30. The Kier molecular flexibility index (Phi) is 7.00. The van der Waals surface area contributed by atoms with E-state index in [1.54, 1.807) is 6.08 Å². The molecule has 3 aromatic carbocycles. The smallest absolute Gasteiger partial charge is 0.293 e. The highest BCUT2D eigenvalue weighted by Crippen LogP contribution is 2.34. The van der Waals surface area contributed by atoms with Gasteiger partial charge in [-0.2, -0.15) is 0 Å². The molecule has 0 saturated carbocycles. The Hall–Kier alpha value is -4.10. The Morgan fingerprint density at radius 3 is 2.28 bits per heavy atom. The fraction of sp³-hybridized carbons (Fsp3) is 0.138. The predicted octanol–water partition coefficient (Wildman–Crippen LogP) is 5.24. The molecule has 4 aromatic rings. The zero-order chi connectivity index (χ0) is 24.9. The molecular weight excluding hydrogens is 470 g/mol. The molecular formula is C29H25N3O3S. The molecule has 1 N–H and O–H groups in total. The van der Waals surface area contributed by atoms with E-state index < -0.39 is 0 Å². The van der Waals surface area contributed by atoms with Crippen molar-refractivity contribution in [2.45, 2.75) is 19.5 Å². The minimum absolute atomic E-state index is 0.104. The van der Waals surface area contributed by atoms with Crippen molar-refractivity contribution in [3.05, 3.63) is 113 Å². The first-order chi connectivity index (χ1) is 17.6. The molecule has 0 atom stereocenters.